The number of hydrogen-bond acceptors (Lipinski definition) is 2. The van der Waals surface area contributed by atoms with Crippen molar-refractivity contribution in [3.05, 3.63) is 176 Å². The van der Waals surface area contributed by atoms with Gasteiger partial charge in [0.15, 0.2) is 0 Å². The number of anilines is 3. The summed E-state index contributed by atoms with van der Waals surface area (Å²) in [6.45, 7) is 0. The van der Waals surface area contributed by atoms with Gasteiger partial charge in [-0.15, -0.1) is 0 Å². The summed E-state index contributed by atoms with van der Waals surface area (Å²) in [6, 6.07) is 33.1. The lowest BCUT2D eigenvalue weighted by Gasteiger charge is -2.28. The third kappa shape index (κ3) is 4.27. The van der Waals surface area contributed by atoms with Crippen LogP contribution in [0.3, 0.4) is 0 Å². The molecule has 0 saturated heterocycles. The van der Waals surface area contributed by atoms with Gasteiger partial charge in [0.1, 0.15) is 11.2 Å². The molecule has 0 unspecified atom stereocenters. The summed E-state index contributed by atoms with van der Waals surface area (Å²) in [4.78, 5) is 1.29. The van der Waals surface area contributed by atoms with E-state index in [-0.39, 0.29) is 34.7 Å². The van der Waals surface area contributed by atoms with E-state index in [0.717, 1.165) is 32.3 Å². The smallest absolute Gasteiger partial charge is 0.143 e. The molecule has 2 nitrogen and oxygen atoms in total. The van der Waals surface area contributed by atoms with Crippen LogP contribution in [0.2, 0.25) is 0 Å². The van der Waals surface area contributed by atoms with Crippen molar-refractivity contribution < 1.29 is 16.8 Å². The average Bonchev–Trinajstić information content (AvgIpc) is 3.61. The maximum atomic E-state index is 9.52. The summed E-state index contributed by atoms with van der Waals surface area (Å²) in [5.74, 6) is 0. The van der Waals surface area contributed by atoms with E-state index < -0.39 is 42.3 Å². The van der Waals surface area contributed by atoms with Crippen LogP contribution in [0.4, 0.5) is 17.1 Å². The highest BCUT2D eigenvalue weighted by molar-refractivity contribution is 6.19. The van der Waals surface area contributed by atoms with Crippen molar-refractivity contribution in [1.29, 1.82) is 0 Å². The van der Waals surface area contributed by atoms with Crippen LogP contribution in [0.1, 0.15) is 12.3 Å². The SMILES string of the molecule is [2H]c1c([2H])c([2H])c(N(c2ccccc2-c2cccc3oc4c5ccccc5ccc4c23)c2c([2H])c([2H])c(-c3cccc4ccccc34)c([2H])c2[2H])c([2H])c1[2H]. The van der Waals surface area contributed by atoms with Gasteiger partial charge in [-0.05, 0) is 75.2 Å². The van der Waals surface area contributed by atoms with Crippen LogP contribution in [0, 0.1) is 0 Å². The molecule has 8 aromatic carbocycles. The lowest BCUT2D eigenvalue weighted by molar-refractivity contribution is 0.673. The summed E-state index contributed by atoms with van der Waals surface area (Å²) in [5.41, 5.74) is 2.86. The Bertz CT molecular complexity index is 3000. The van der Waals surface area contributed by atoms with Gasteiger partial charge >= 0.3 is 0 Å². The molecule has 0 fully saturated rings. The maximum absolute atomic E-state index is 9.52. The molecule has 2 heteroatoms. The van der Waals surface area contributed by atoms with Crippen molar-refractivity contribution in [3.8, 4) is 22.3 Å². The van der Waals surface area contributed by atoms with Crippen molar-refractivity contribution in [2.45, 2.75) is 0 Å². The zero-order chi connectivity index (χ0) is 38.3. The zero-order valence-electron chi connectivity index (χ0n) is 33.4. The van der Waals surface area contributed by atoms with Crippen molar-refractivity contribution in [2.24, 2.45) is 0 Å². The zero-order valence-corrected chi connectivity index (χ0v) is 24.4. The van der Waals surface area contributed by atoms with Gasteiger partial charge in [-0.2, -0.15) is 0 Å². The number of furan rings is 1. The molecule has 0 N–H and O–H groups in total. The molecule has 46 heavy (non-hydrogen) atoms. The van der Waals surface area contributed by atoms with Crippen LogP contribution in [0.15, 0.2) is 180 Å². The van der Waals surface area contributed by atoms with E-state index in [9.17, 15) is 5.48 Å². The van der Waals surface area contributed by atoms with Crippen LogP contribution in [-0.2, 0) is 0 Å². The number of rotatable bonds is 5. The maximum Gasteiger partial charge on any atom is 0.143 e. The molecule has 1 heterocycles. The van der Waals surface area contributed by atoms with Gasteiger partial charge < -0.3 is 9.32 Å². The van der Waals surface area contributed by atoms with Gasteiger partial charge in [0, 0.05) is 33.1 Å². The molecule has 9 rings (SSSR count). The number of para-hydroxylation sites is 2. The standard InChI is InChI=1S/C44H29NO/c1-2-15-33(16-3-1)45(34-27-24-32(25-28-34)36-20-10-14-30-12-4-6-17-35(30)36)41-22-9-8-19-38(41)39-21-11-23-42-43(39)40-29-26-31-13-5-7-18-37(31)44(40)46-42/h1-29H/i1D,2D,3D,15D,16D,24D,25D,27D,28D. The topological polar surface area (TPSA) is 16.4 Å². The van der Waals surface area contributed by atoms with E-state index in [1.807, 2.05) is 97.1 Å². The Morgan fingerprint density at radius 2 is 1.09 bits per heavy atom. The van der Waals surface area contributed by atoms with E-state index in [4.69, 9.17) is 11.3 Å². The lowest BCUT2D eigenvalue weighted by atomic mass is 9.95. The van der Waals surface area contributed by atoms with Crippen molar-refractivity contribution in [2.75, 3.05) is 4.90 Å². The van der Waals surface area contributed by atoms with Crippen molar-refractivity contribution in [1.82, 2.24) is 0 Å². The van der Waals surface area contributed by atoms with Crippen molar-refractivity contribution in [3.63, 3.8) is 0 Å². The monoisotopic (exact) mass is 596 g/mol. The minimum Gasteiger partial charge on any atom is -0.455 e. The van der Waals surface area contributed by atoms with Gasteiger partial charge in [-0.3, -0.25) is 0 Å². The molecule has 0 aliphatic heterocycles. The molecule has 9 aromatic rings. The van der Waals surface area contributed by atoms with E-state index in [0.29, 0.717) is 27.9 Å². The molecular formula is C44H29NO. The second-order valence-electron chi connectivity index (χ2n) is 11.0. The minimum absolute atomic E-state index is 0.0895. The summed E-state index contributed by atoms with van der Waals surface area (Å²) in [6.07, 6.45) is 0. The largest absolute Gasteiger partial charge is 0.455 e. The Hall–Kier alpha value is -6.12. The number of nitrogens with zero attached hydrogens (tertiary/aromatic N) is 1. The molecule has 0 spiro atoms. The molecular weight excluding hydrogens is 558 g/mol. The Labute approximate surface area is 280 Å². The predicted octanol–water partition coefficient (Wildman–Crippen LogP) is 12.7. The average molecular weight is 597 g/mol. The van der Waals surface area contributed by atoms with Gasteiger partial charge in [-0.25, -0.2) is 0 Å². The summed E-state index contributed by atoms with van der Waals surface area (Å²) in [5, 5.41) is 5.19. The third-order valence-corrected chi connectivity index (χ3v) is 8.43. The Morgan fingerprint density at radius 1 is 0.457 bits per heavy atom. The quantitative estimate of drug-likeness (QED) is 0.196. The Balaban J connectivity index is 1.38. The summed E-state index contributed by atoms with van der Waals surface area (Å²) >= 11 is 0. The molecule has 0 aliphatic carbocycles. The molecule has 0 amide bonds. The first-order valence-corrected chi connectivity index (χ1v) is 15.0. The molecule has 216 valence electrons. The number of fused-ring (bicyclic) bond motifs is 6. The second-order valence-corrected chi connectivity index (χ2v) is 11.0. The fourth-order valence-corrected chi connectivity index (χ4v) is 6.38. The van der Waals surface area contributed by atoms with E-state index in [1.165, 1.54) is 4.90 Å². The van der Waals surface area contributed by atoms with Gasteiger partial charge in [-0.1, -0.05) is 133 Å². The van der Waals surface area contributed by atoms with E-state index >= 15 is 0 Å². The molecule has 0 radical (unpaired) electrons. The van der Waals surface area contributed by atoms with Crippen LogP contribution in [0.5, 0.6) is 0 Å². The predicted molar refractivity (Wildman–Crippen MR) is 194 cm³/mol. The highest BCUT2D eigenvalue weighted by atomic mass is 16.3. The molecule has 0 aliphatic rings. The fraction of sp³-hybridized carbons (Fsp3) is 0. The first kappa shape index (κ1) is 18.6. The summed E-state index contributed by atoms with van der Waals surface area (Å²) < 4.78 is 88.0. The second kappa shape index (κ2) is 10.8. The molecule has 0 atom stereocenters. The summed E-state index contributed by atoms with van der Waals surface area (Å²) in [7, 11) is 0. The first-order valence-electron chi connectivity index (χ1n) is 19.5. The molecule has 0 bridgehead atoms. The van der Waals surface area contributed by atoms with Crippen LogP contribution in [0.25, 0.3) is 65.7 Å². The van der Waals surface area contributed by atoms with Gasteiger partial charge in [0.25, 0.3) is 0 Å². The van der Waals surface area contributed by atoms with Crippen LogP contribution >= 0.6 is 0 Å². The molecule has 0 saturated carbocycles. The third-order valence-electron chi connectivity index (χ3n) is 8.43. The minimum atomic E-state index is -0.601. The Kier molecular flexibility index (Phi) is 4.37. The number of hydrogen-bond donors (Lipinski definition) is 0. The normalized spacial score (nSPS) is 14.2. The molecule has 1 aromatic heterocycles. The fourth-order valence-electron chi connectivity index (χ4n) is 6.38. The van der Waals surface area contributed by atoms with Crippen molar-refractivity contribution >= 4 is 60.5 Å². The van der Waals surface area contributed by atoms with E-state index in [2.05, 4.69) is 0 Å². The van der Waals surface area contributed by atoms with Gasteiger partial charge in [0.2, 0.25) is 0 Å². The lowest BCUT2D eigenvalue weighted by Crippen LogP contribution is -2.11. The Morgan fingerprint density at radius 3 is 1.93 bits per heavy atom. The first-order chi connectivity index (χ1) is 26.6. The number of benzene rings is 8. The van der Waals surface area contributed by atoms with Crippen LogP contribution < -0.4 is 4.90 Å². The van der Waals surface area contributed by atoms with E-state index in [1.54, 1.807) is 24.3 Å². The highest BCUT2D eigenvalue weighted by Crippen LogP contribution is 2.45. The highest BCUT2D eigenvalue weighted by Gasteiger charge is 2.21. The van der Waals surface area contributed by atoms with Gasteiger partial charge in [0.05, 0.1) is 18.0 Å². The van der Waals surface area contributed by atoms with Crippen LogP contribution in [-0.4, -0.2) is 0 Å².